The minimum Gasteiger partial charge on any atom is -0.226 e. The van der Waals surface area contributed by atoms with Gasteiger partial charge in [0.25, 0.3) is 0 Å². The zero-order valence-electron chi connectivity index (χ0n) is 10.5. The normalized spacial score (nSPS) is 19.2. The molecule has 1 fully saturated rings. The lowest BCUT2D eigenvalue weighted by Crippen LogP contribution is -2.00. The molecule has 0 bridgehead atoms. The summed E-state index contributed by atoms with van der Waals surface area (Å²) in [5, 5.41) is 2.60. The molecule has 94 valence electrons. The molecule has 0 N–H and O–H groups in total. The molecule has 0 unspecified atom stereocenters. The maximum atomic E-state index is 4.84. The van der Waals surface area contributed by atoms with E-state index in [0.29, 0.717) is 5.92 Å². The van der Waals surface area contributed by atoms with Crippen molar-refractivity contribution in [2.24, 2.45) is 0 Å². The summed E-state index contributed by atoms with van der Waals surface area (Å²) in [4.78, 5) is 12.5. The monoisotopic (exact) mass is 276 g/mol. The second-order valence-corrected chi connectivity index (χ2v) is 7.13. The van der Waals surface area contributed by atoms with E-state index in [1.54, 1.807) is 22.2 Å². The number of hydrogen-bond donors (Lipinski definition) is 0. The second kappa shape index (κ2) is 4.20. The van der Waals surface area contributed by atoms with E-state index in [1.165, 1.54) is 53.8 Å². The van der Waals surface area contributed by atoms with Crippen molar-refractivity contribution in [3.63, 3.8) is 0 Å². The fraction of sp³-hybridized carbons (Fsp3) is 0.571. The van der Waals surface area contributed by atoms with Gasteiger partial charge in [0.2, 0.25) is 0 Å². The van der Waals surface area contributed by atoms with Crippen molar-refractivity contribution in [2.75, 3.05) is 6.26 Å². The standard InChI is InChI=1S/C14H16N2S2/c1-17-13-11-9-4-2-3-5-10(9)18-14(11)16-12(15-13)8-6-7-8/h8H,2-7H2,1H3. The molecule has 0 radical (unpaired) electrons. The number of thioether (sulfide) groups is 1. The number of aromatic nitrogens is 2. The van der Waals surface area contributed by atoms with Crippen LogP contribution in [0.3, 0.4) is 0 Å². The quantitative estimate of drug-likeness (QED) is 0.608. The number of nitrogens with zero attached hydrogens (tertiary/aromatic N) is 2. The van der Waals surface area contributed by atoms with E-state index in [9.17, 15) is 0 Å². The minimum absolute atomic E-state index is 0.652. The Morgan fingerprint density at radius 1 is 1.17 bits per heavy atom. The average Bonchev–Trinajstić information content (AvgIpc) is 3.18. The molecule has 0 atom stereocenters. The van der Waals surface area contributed by atoms with Crippen LogP contribution in [0.5, 0.6) is 0 Å². The highest BCUT2D eigenvalue weighted by molar-refractivity contribution is 7.98. The highest BCUT2D eigenvalue weighted by Crippen LogP contribution is 2.43. The largest absolute Gasteiger partial charge is 0.226 e. The van der Waals surface area contributed by atoms with Crippen LogP contribution in [-0.4, -0.2) is 16.2 Å². The second-order valence-electron chi connectivity index (χ2n) is 5.26. The van der Waals surface area contributed by atoms with Gasteiger partial charge in [0.05, 0.1) is 0 Å². The Morgan fingerprint density at radius 3 is 2.78 bits per heavy atom. The molecule has 0 aromatic carbocycles. The molecule has 18 heavy (non-hydrogen) atoms. The summed E-state index contributed by atoms with van der Waals surface area (Å²) in [6.07, 6.45) is 9.87. The van der Waals surface area contributed by atoms with Gasteiger partial charge < -0.3 is 0 Å². The first kappa shape index (κ1) is 11.2. The predicted molar refractivity (Wildman–Crippen MR) is 77.8 cm³/mol. The smallest absolute Gasteiger partial charge is 0.134 e. The van der Waals surface area contributed by atoms with Gasteiger partial charge in [0.15, 0.2) is 0 Å². The molecule has 2 nitrogen and oxygen atoms in total. The maximum Gasteiger partial charge on any atom is 0.134 e. The topological polar surface area (TPSA) is 25.8 Å². The van der Waals surface area contributed by atoms with Crippen molar-refractivity contribution >= 4 is 33.3 Å². The first-order valence-electron chi connectivity index (χ1n) is 6.73. The van der Waals surface area contributed by atoms with Crippen molar-refractivity contribution < 1.29 is 0 Å². The van der Waals surface area contributed by atoms with E-state index in [4.69, 9.17) is 9.97 Å². The molecule has 0 saturated heterocycles. The van der Waals surface area contributed by atoms with Crippen molar-refractivity contribution in [1.29, 1.82) is 0 Å². The van der Waals surface area contributed by atoms with Gasteiger partial charge in [-0.2, -0.15) is 0 Å². The minimum atomic E-state index is 0.652. The zero-order valence-corrected chi connectivity index (χ0v) is 12.2. The lowest BCUT2D eigenvalue weighted by molar-refractivity contribution is 0.699. The zero-order chi connectivity index (χ0) is 12.1. The van der Waals surface area contributed by atoms with Gasteiger partial charge in [-0.1, -0.05) is 0 Å². The van der Waals surface area contributed by atoms with Crippen molar-refractivity contribution in [3.05, 3.63) is 16.3 Å². The summed E-state index contributed by atoms with van der Waals surface area (Å²) in [5.41, 5.74) is 1.56. The molecule has 0 spiro atoms. The third-order valence-corrected chi connectivity index (χ3v) is 5.80. The summed E-state index contributed by atoms with van der Waals surface area (Å²) in [6, 6.07) is 0. The molecule has 0 amide bonds. The summed E-state index contributed by atoms with van der Waals surface area (Å²) in [5.74, 6) is 1.75. The average molecular weight is 276 g/mol. The number of rotatable bonds is 2. The van der Waals surface area contributed by atoms with Crippen LogP contribution in [0.15, 0.2) is 5.03 Å². The molecular formula is C14H16N2S2. The van der Waals surface area contributed by atoms with E-state index in [0.717, 1.165) is 5.82 Å². The molecule has 2 aromatic rings. The highest BCUT2D eigenvalue weighted by Gasteiger charge is 2.29. The molecule has 1 saturated carbocycles. The van der Waals surface area contributed by atoms with E-state index < -0.39 is 0 Å². The van der Waals surface area contributed by atoms with Crippen LogP contribution in [0.2, 0.25) is 0 Å². The molecule has 2 aliphatic carbocycles. The molecule has 4 rings (SSSR count). The van der Waals surface area contributed by atoms with Crippen LogP contribution < -0.4 is 0 Å². The van der Waals surface area contributed by atoms with Crippen LogP contribution >= 0.6 is 23.1 Å². The van der Waals surface area contributed by atoms with Gasteiger partial charge >= 0.3 is 0 Å². The summed E-state index contributed by atoms with van der Waals surface area (Å²) in [7, 11) is 0. The maximum absolute atomic E-state index is 4.84. The SMILES string of the molecule is CSc1nc(C2CC2)nc2sc3c(c12)CCCC3. The molecule has 4 heteroatoms. The Morgan fingerprint density at radius 2 is 2.00 bits per heavy atom. The highest BCUT2D eigenvalue weighted by atomic mass is 32.2. The Balaban J connectivity index is 1.97. The van der Waals surface area contributed by atoms with Crippen LogP contribution in [0.1, 0.15) is 47.9 Å². The van der Waals surface area contributed by atoms with Crippen molar-refractivity contribution in [3.8, 4) is 0 Å². The molecule has 2 heterocycles. The van der Waals surface area contributed by atoms with Gasteiger partial charge in [-0.3, -0.25) is 0 Å². The Labute approximate surface area is 115 Å². The molecular weight excluding hydrogens is 260 g/mol. The molecule has 2 aliphatic rings. The van der Waals surface area contributed by atoms with Gasteiger partial charge in [-0.25, -0.2) is 9.97 Å². The van der Waals surface area contributed by atoms with Crippen LogP contribution in [0, 0.1) is 0 Å². The van der Waals surface area contributed by atoms with Gasteiger partial charge in [0, 0.05) is 16.2 Å². The van der Waals surface area contributed by atoms with Gasteiger partial charge in [-0.15, -0.1) is 23.1 Å². The fourth-order valence-electron chi connectivity index (χ4n) is 2.81. The van der Waals surface area contributed by atoms with Crippen LogP contribution in [-0.2, 0) is 12.8 Å². The molecule has 0 aliphatic heterocycles. The van der Waals surface area contributed by atoms with Crippen molar-refractivity contribution in [1.82, 2.24) is 9.97 Å². The van der Waals surface area contributed by atoms with E-state index in [2.05, 4.69) is 6.26 Å². The fourth-order valence-corrected chi connectivity index (χ4v) is 4.75. The third kappa shape index (κ3) is 1.69. The van der Waals surface area contributed by atoms with Gasteiger partial charge in [0.1, 0.15) is 15.7 Å². The first-order chi connectivity index (χ1) is 8.86. The summed E-state index contributed by atoms with van der Waals surface area (Å²) >= 11 is 3.71. The van der Waals surface area contributed by atoms with E-state index in [-0.39, 0.29) is 0 Å². The number of thiophene rings is 1. The van der Waals surface area contributed by atoms with E-state index >= 15 is 0 Å². The Bertz CT molecular complexity index is 614. The Kier molecular flexibility index (Phi) is 2.62. The third-order valence-electron chi connectivity index (χ3n) is 3.93. The van der Waals surface area contributed by atoms with Crippen LogP contribution in [0.4, 0.5) is 0 Å². The number of hydrogen-bond acceptors (Lipinski definition) is 4. The van der Waals surface area contributed by atoms with Crippen molar-refractivity contribution in [2.45, 2.75) is 49.5 Å². The van der Waals surface area contributed by atoms with Crippen LogP contribution in [0.25, 0.3) is 10.2 Å². The number of fused-ring (bicyclic) bond motifs is 3. The first-order valence-corrected chi connectivity index (χ1v) is 8.77. The van der Waals surface area contributed by atoms with Gasteiger partial charge in [-0.05, 0) is 50.3 Å². The summed E-state index contributed by atoms with van der Waals surface area (Å²) in [6.45, 7) is 0. The Hall–Kier alpha value is -0.610. The lowest BCUT2D eigenvalue weighted by atomic mass is 9.97. The van der Waals surface area contributed by atoms with E-state index in [1.807, 2.05) is 11.3 Å². The molecule has 2 aromatic heterocycles. The predicted octanol–water partition coefficient (Wildman–Crippen LogP) is 4.17. The summed E-state index contributed by atoms with van der Waals surface area (Å²) < 4.78 is 0. The number of aryl methyl sites for hydroxylation is 2. The lowest BCUT2D eigenvalue weighted by Gasteiger charge is -2.11.